The number of nitrogens with one attached hydrogen (secondary N) is 2. The number of rotatable bonds is 8. The van der Waals surface area contributed by atoms with Crippen LogP contribution in [0.3, 0.4) is 0 Å². The first-order valence-corrected chi connectivity index (χ1v) is 8.25. The average Bonchev–Trinajstić information content (AvgIpc) is 2.69. The van der Waals surface area contributed by atoms with Gasteiger partial charge in [0.1, 0.15) is 11.5 Å². The van der Waals surface area contributed by atoms with Crippen molar-refractivity contribution < 1.29 is 9.47 Å². The summed E-state index contributed by atoms with van der Waals surface area (Å²) in [6.45, 7) is 0.755. The fourth-order valence-electron chi connectivity index (χ4n) is 2.45. The molecular weight excluding hydrogens is 330 g/mol. The Bertz CT molecular complexity index is 842. The minimum atomic E-state index is 0.376. The second-order valence-electron chi connectivity index (χ2n) is 5.52. The Morgan fingerprint density at radius 1 is 1.00 bits per heavy atom. The summed E-state index contributed by atoms with van der Waals surface area (Å²) in [6, 6.07) is 15.7. The van der Waals surface area contributed by atoms with Gasteiger partial charge in [-0.2, -0.15) is 10.1 Å². The number of hydrogen-bond acceptors (Lipinski definition) is 7. The van der Waals surface area contributed by atoms with Crippen LogP contribution in [0, 0.1) is 0 Å². The van der Waals surface area contributed by atoms with E-state index in [0.29, 0.717) is 29.0 Å². The summed E-state index contributed by atoms with van der Waals surface area (Å²) in [4.78, 5) is 4.44. The van der Waals surface area contributed by atoms with Crippen molar-refractivity contribution >= 4 is 17.5 Å². The molecule has 2 aromatic carbocycles. The molecule has 3 rings (SSSR count). The summed E-state index contributed by atoms with van der Waals surface area (Å²) in [5.41, 5.74) is 1.97. The summed E-state index contributed by atoms with van der Waals surface area (Å²) < 4.78 is 10.6. The third-order valence-electron chi connectivity index (χ3n) is 3.77. The highest BCUT2D eigenvalue weighted by molar-refractivity contribution is 5.65. The van der Waals surface area contributed by atoms with Crippen LogP contribution in [0.2, 0.25) is 0 Å². The molecule has 7 nitrogen and oxygen atoms in total. The largest absolute Gasteiger partial charge is 0.497 e. The number of methoxy groups -OCH3 is 2. The molecule has 0 unspecified atom stereocenters. The maximum atomic E-state index is 5.35. The molecule has 0 aliphatic carbocycles. The summed E-state index contributed by atoms with van der Waals surface area (Å²) in [5, 5.41) is 14.4. The second kappa shape index (κ2) is 8.66. The molecule has 3 aromatic rings. The standard InChI is InChI=1S/C19H21N5O2/c1-25-15-8-9-17(26-2)16(12-15)22-19-23-18(13-21-24-19)20-11-10-14-6-4-3-5-7-14/h3-9,12-13H,10-11H2,1-2H3,(H2,20,22,23,24). The molecule has 0 radical (unpaired) electrons. The normalized spacial score (nSPS) is 10.2. The third kappa shape index (κ3) is 4.60. The molecular formula is C19H21N5O2. The van der Waals surface area contributed by atoms with Crippen molar-refractivity contribution in [2.75, 3.05) is 31.4 Å². The summed E-state index contributed by atoms with van der Waals surface area (Å²) in [6.07, 6.45) is 2.50. The number of nitrogens with zero attached hydrogens (tertiary/aromatic N) is 3. The molecule has 0 bridgehead atoms. The first-order valence-electron chi connectivity index (χ1n) is 8.25. The number of benzene rings is 2. The van der Waals surface area contributed by atoms with Crippen molar-refractivity contribution in [1.82, 2.24) is 15.2 Å². The Morgan fingerprint density at radius 2 is 1.85 bits per heavy atom. The number of anilines is 3. The van der Waals surface area contributed by atoms with E-state index in [1.165, 1.54) is 5.56 Å². The molecule has 0 saturated heterocycles. The Kier molecular flexibility index (Phi) is 5.82. The topological polar surface area (TPSA) is 81.2 Å². The highest BCUT2D eigenvalue weighted by atomic mass is 16.5. The Hall–Kier alpha value is -3.35. The SMILES string of the molecule is COc1ccc(OC)c(Nc2nncc(NCCc3ccccc3)n2)c1. The van der Waals surface area contributed by atoms with E-state index in [9.17, 15) is 0 Å². The lowest BCUT2D eigenvalue weighted by molar-refractivity contribution is 0.405. The van der Waals surface area contributed by atoms with Crippen molar-refractivity contribution in [3.05, 3.63) is 60.3 Å². The maximum absolute atomic E-state index is 5.35. The van der Waals surface area contributed by atoms with E-state index < -0.39 is 0 Å². The van der Waals surface area contributed by atoms with Crippen LogP contribution in [0.25, 0.3) is 0 Å². The Balaban J connectivity index is 1.66. The fourth-order valence-corrected chi connectivity index (χ4v) is 2.45. The zero-order valence-corrected chi connectivity index (χ0v) is 14.8. The van der Waals surface area contributed by atoms with Crippen LogP contribution in [0.4, 0.5) is 17.5 Å². The summed E-state index contributed by atoms with van der Waals surface area (Å²) in [5.74, 6) is 2.40. The molecule has 0 amide bonds. The minimum Gasteiger partial charge on any atom is -0.497 e. The monoisotopic (exact) mass is 351 g/mol. The predicted octanol–water partition coefficient (Wildman–Crippen LogP) is 3.29. The molecule has 0 atom stereocenters. The molecule has 1 heterocycles. The van der Waals surface area contributed by atoms with E-state index >= 15 is 0 Å². The second-order valence-corrected chi connectivity index (χ2v) is 5.52. The maximum Gasteiger partial charge on any atom is 0.249 e. The van der Waals surface area contributed by atoms with Crippen molar-refractivity contribution in [2.45, 2.75) is 6.42 Å². The van der Waals surface area contributed by atoms with Crippen LogP contribution >= 0.6 is 0 Å². The van der Waals surface area contributed by atoms with Gasteiger partial charge >= 0.3 is 0 Å². The van der Waals surface area contributed by atoms with E-state index in [1.807, 2.05) is 36.4 Å². The molecule has 0 saturated carbocycles. The van der Waals surface area contributed by atoms with Crippen molar-refractivity contribution in [3.8, 4) is 11.5 Å². The van der Waals surface area contributed by atoms with Gasteiger partial charge in [0.15, 0.2) is 5.82 Å². The van der Waals surface area contributed by atoms with Crippen molar-refractivity contribution in [1.29, 1.82) is 0 Å². The molecule has 0 aliphatic heterocycles. The van der Waals surface area contributed by atoms with Gasteiger partial charge < -0.3 is 20.1 Å². The van der Waals surface area contributed by atoms with Crippen molar-refractivity contribution in [3.63, 3.8) is 0 Å². The molecule has 7 heteroatoms. The van der Waals surface area contributed by atoms with E-state index in [0.717, 1.165) is 13.0 Å². The molecule has 1 aromatic heterocycles. The highest BCUT2D eigenvalue weighted by Crippen LogP contribution is 2.30. The first-order chi connectivity index (χ1) is 12.8. The van der Waals surface area contributed by atoms with Crippen molar-refractivity contribution in [2.24, 2.45) is 0 Å². The van der Waals surface area contributed by atoms with Crippen LogP contribution in [-0.4, -0.2) is 35.9 Å². The first kappa shape index (κ1) is 17.5. The quantitative estimate of drug-likeness (QED) is 0.644. The number of ether oxygens (including phenoxy) is 2. The van der Waals surface area contributed by atoms with E-state index in [4.69, 9.17) is 9.47 Å². The molecule has 26 heavy (non-hydrogen) atoms. The van der Waals surface area contributed by atoms with Crippen LogP contribution in [-0.2, 0) is 6.42 Å². The molecule has 0 spiro atoms. The third-order valence-corrected chi connectivity index (χ3v) is 3.77. The van der Waals surface area contributed by atoms with E-state index in [1.54, 1.807) is 20.4 Å². The lowest BCUT2D eigenvalue weighted by atomic mass is 10.1. The lowest BCUT2D eigenvalue weighted by Gasteiger charge is -2.12. The number of hydrogen-bond donors (Lipinski definition) is 2. The fraction of sp³-hybridized carbons (Fsp3) is 0.211. The highest BCUT2D eigenvalue weighted by Gasteiger charge is 2.08. The molecule has 2 N–H and O–H groups in total. The van der Waals surface area contributed by atoms with Gasteiger partial charge in [-0.3, -0.25) is 0 Å². The average molecular weight is 351 g/mol. The van der Waals surface area contributed by atoms with Gasteiger partial charge in [-0.05, 0) is 24.1 Å². The van der Waals surface area contributed by atoms with Gasteiger partial charge in [-0.1, -0.05) is 30.3 Å². The van der Waals surface area contributed by atoms with Gasteiger partial charge in [0.05, 0.1) is 26.1 Å². The van der Waals surface area contributed by atoms with Gasteiger partial charge in [0.2, 0.25) is 5.95 Å². The minimum absolute atomic E-state index is 0.376. The zero-order valence-electron chi connectivity index (χ0n) is 14.8. The van der Waals surface area contributed by atoms with Crippen LogP contribution in [0.5, 0.6) is 11.5 Å². The van der Waals surface area contributed by atoms with Gasteiger partial charge in [0.25, 0.3) is 0 Å². The number of aromatic nitrogens is 3. The summed E-state index contributed by atoms with van der Waals surface area (Å²) >= 11 is 0. The molecule has 134 valence electrons. The zero-order chi connectivity index (χ0) is 18.2. The van der Waals surface area contributed by atoms with Gasteiger partial charge in [0, 0.05) is 12.6 Å². The Morgan fingerprint density at radius 3 is 2.62 bits per heavy atom. The van der Waals surface area contributed by atoms with Crippen LogP contribution in [0.1, 0.15) is 5.56 Å². The van der Waals surface area contributed by atoms with Gasteiger partial charge in [-0.15, -0.1) is 5.10 Å². The van der Waals surface area contributed by atoms with Crippen LogP contribution in [0.15, 0.2) is 54.7 Å². The lowest BCUT2D eigenvalue weighted by Crippen LogP contribution is -2.09. The van der Waals surface area contributed by atoms with Crippen LogP contribution < -0.4 is 20.1 Å². The van der Waals surface area contributed by atoms with Gasteiger partial charge in [-0.25, -0.2) is 0 Å². The summed E-state index contributed by atoms with van der Waals surface area (Å²) in [7, 11) is 3.22. The van der Waals surface area contributed by atoms with E-state index in [-0.39, 0.29) is 0 Å². The smallest absolute Gasteiger partial charge is 0.249 e. The Labute approximate surface area is 152 Å². The molecule has 0 fully saturated rings. The van der Waals surface area contributed by atoms with E-state index in [2.05, 4.69) is 37.9 Å². The molecule has 0 aliphatic rings. The predicted molar refractivity (Wildman–Crippen MR) is 101 cm³/mol.